The van der Waals surface area contributed by atoms with Crippen molar-refractivity contribution in [3.63, 3.8) is 0 Å². The van der Waals surface area contributed by atoms with Gasteiger partial charge >= 0.3 is 0 Å². The molecule has 1 saturated heterocycles. The molecule has 5 nitrogen and oxygen atoms in total. The summed E-state index contributed by atoms with van der Waals surface area (Å²) in [5.41, 5.74) is 0. The first-order chi connectivity index (χ1) is 10.1. The topological polar surface area (TPSA) is 51.0 Å². The van der Waals surface area contributed by atoms with E-state index in [2.05, 4.69) is 21.7 Å². The average molecular weight is 308 g/mol. The Hall–Kier alpha value is -1.04. The van der Waals surface area contributed by atoms with E-state index < -0.39 is 0 Å². The predicted molar refractivity (Wildman–Crippen MR) is 83.3 cm³/mol. The Balaban J connectivity index is 1.55. The molecule has 0 aromatic carbocycles. The third-order valence-electron chi connectivity index (χ3n) is 4.67. The molecule has 0 spiro atoms. The molecule has 2 fully saturated rings. The fraction of sp³-hybridized carbons (Fsp3) is 0.800. The van der Waals surface area contributed by atoms with Crippen molar-refractivity contribution in [2.75, 3.05) is 18.8 Å². The number of likely N-dealkylation sites (tertiary alicyclic amines) is 1. The quantitative estimate of drug-likeness (QED) is 0.802. The molecule has 2 aliphatic rings. The zero-order chi connectivity index (χ0) is 14.8. The third kappa shape index (κ3) is 3.25. The number of thioether (sulfide) groups is 1. The van der Waals surface area contributed by atoms with Crippen molar-refractivity contribution in [1.29, 1.82) is 0 Å². The lowest BCUT2D eigenvalue weighted by Crippen LogP contribution is -2.40. The van der Waals surface area contributed by atoms with Crippen LogP contribution in [-0.4, -0.2) is 44.4 Å². The molecule has 1 amide bonds. The van der Waals surface area contributed by atoms with E-state index in [1.54, 1.807) is 0 Å². The van der Waals surface area contributed by atoms with Gasteiger partial charge in [0.2, 0.25) is 5.91 Å². The molecule has 1 atom stereocenters. The van der Waals surface area contributed by atoms with E-state index in [1.165, 1.54) is 37.4 Å². The summed E-state index contributed by atoms with van der Waals surface area (Å²) in [6.45, 7) is 4.04. The van der Waals surface area contributed by atoms with Crippen LogP contribution in [0.25, 0.3) is 0 Å². The van der Waals surface area contributed by atoms with Crippen LogP contribution in [0.15, 0.2) is 5.16 Å². The van der Waals surface area contributed by atoms with Crippen LogP contribution in [0.5, 0.6) is 0 Å². The highest BCUT2D eigenvalue weighted by Gasteiger charge is 2.26. The fourth-order valence-corrected chi connectivity index (χ4v) is 3.93. The predicted octanol–water partition coefficient (Wildman–Crippen LogP) is 2.43. The molecule has 1 aromatic rings. The number of piperidine rings is 1. The smallest absolute Gasteiger partial charge is 0.233 e. The van der Waals surface area contributed by atoms with Crippen molar-refractivity contribution in [3.8, 4) is 0 Å². The number of hydrogen-bond donors (Lipinski definition) is 0. The Morgan fingerprint density at radius 3 is 2.76 bits per heavy atom. The summed E-state index contributed by atoms with van der Waals surface area (Å²) in [7, 11) is 2.02. The molecule has 0 bridgehead atoms. The molecule has 1 aliphatic carbocycles. The number of amides is 1. The Morgan fingerprint density at radius 1 is 1.29 bits per heavy atom. The molecule has 1 aliphatic heterocycles. The minimum Gasteiger partial charge on any atom is -0.342 e. The van der Waals surface area contributed by atoms with E-state index >= 15 is 0 Å². The van der Waals surface area contributed by atoms with Gasteiger partial charge in [-0.15, -0.1) is 10.2 Å². The van der Waals surface area contributed by atoms with E-state index in [9.17, 15) is 4.79 Å². The van der Waals surface area contributed by atoms with Crippen molar-refractivity contribution in [2.45, 2.75) is 50.1 Å². The minimum absolute atomic E-state index is 0.236. The van der Waals surface area contributed by atoms with Gasteiger partial charge in [-0.1, -0.05) is 25.1 Å². The van der Waals surface area contributed by atoms with Crippen LogP contribution in [0.3, 0.4) is 0 Å². The lowest BCUT2D eigenvalue weighted by Gasteiger charge is -2.30. The highest BCUT2D eigenvalue weighted by Crippen LogP contribution is 2.36. The number of carbonyl (C=O) groups excluding carboxylic acids is 1. The maximum atomic E-state index is 12.3. The molecule has 0 N–H and O–H groups in total. The first-order valence-electron chi connectivity index (χ1n) is 7.95. The molecule has 3 rings (SSSR count). The number of carbonyl (C=O) groups is 1. The Bertz CT molecular complexity index is 512. The van der Waals surface area contributed by atoms with Gasteiger partial charge in [-0.25, -0.2) is 0 Å². The summed E-state index contributed by atoms with van der Waals surface area (Å²) < 4.78 is 2.07. The summed E-state index contributed by atoms with van der Waals surface area (Å²) in [4.78, 5) is 14.3. The molecule has 21 heavy (non-hydrogen) atoms. The summed E-state index contributed by atoms with van der Waals surface area (Å²) in [5.74, 6) is 3.01. The van der Waals surface area contributed by atoms with Crippen LogP contribution in [0.4, 0.5) is 0 Å². The standard InChI is InChI=1S/C15H24N4OS/c1-11-5-4-8-19(9-11)13(20)10-21-15-17-16-14(18(15)2)12-6-3-7-12/h11-12H,3-10H2,1-2H3. The summed E-state index contributed by atoms with van der Waals surface area (Å²) >= 11 is 1.52. The van der Waals surface area contributed by atoms with Gasteiger partial charge in [0.05, 0.1) is 5.75 Å². The van der Waals surface area contributed by atoms with Gasteiger partial charge in [-0.3, -0.25) is 4.79 Å². The Kier molecular flexibility index (Phi) is 4.52. The lowest BCUT2D eigenvalue weighted by molar-refractivity contribution is -0.130. The van der Waals surface area contributed by atoms with Gasteiger partial charge in [-0.05, 0) is 31.6 Å². The maximum absolute atomic E-state index is 12.3. The Morgan fingerprint density at radius 2 is 2.10 bits per heavy atom. The van der Waals surface area contributed by atoms with Crippen LogP contribution in [-0.2, 0) is 11.8 Å². The van der Waals surface area contributed by atoms with E-state index in [1.807, 2.05) is 11.9 Å². The van der Waals surface area contributed by atoms with E-state index in [0.29, 0.717) is 17.6 Å². The second kappa shape index (κ2) is 6.38. The van der Waals surface area contributed by atoms with Gasteiger partial charge in [0.15, 0.2) is 5.16 Å². The summed E-state index contributed by atoms with van der Waals surface area (Å²) in [5, 5.41) is 9.43. The van der Waals surface area contributed by atoms with Crippen LogP contribution in [0.2, 0.25) is 0 Å². The highest BCUT2D eigenvalue weighted by atomic mass is 32.2. The molecule has 1 aromatic heterocycles. The number of aromatic nitrogens is 3. The first-order valence-corrected chi connectivity index (χ1v) is 8.93. The SMILES string of the molecule is CC1CCCN(C(=O)CSc2nnc(C3CCC3)n2C)C1. The lowest BCUT2D eigenvalue weighted by atomic mass is 9.85. The first kappa shape index (κ1) is 14.9. The second-order valence-corrected chi connectivity index (χ2v) is 7.35. The van der Waals surface area contributed by atoms with E-state index in [-0.39, 0.29) is 5.91 Å². The number of rotatable bonds is 4. The normalized spacial score (nSPS) is 23.1. The molecule has 116 valence electrons. The largest absolute Gasteiger partial charge is 0.342 e. The molecule has 2 heterocycles. The molecular formula is C15H24N4OS. The van der Waals surface area contributed by atoms with Crippen LogP contribution >= 0.6 is 11.8 Å². The van der Waals surface area contributed by atoms with E-state index in [4.69, 9.17) is 0 Å². The zero-order valence-electron chi connectivity index (χ0n) is 12.9. The van der Waals surface area contributed by atoms with Crippen molar-refractivity contribution in [2.24, 2.45) is 13.0 Å². The molecule has 6 heteroatoms. The Labute approximate surface area is 130 Å². The van der Waals surface area contributed by atoms with Gasteiger partial charge in [0.1, 0.15) is 5.82 Å². The monoisotopic (exact) mass is 308 g/mol. The van der Waals surface area contributed by atoms with Crippen LogP contribution in [0.1, 0.15) is 50.8 Å². The number of hydrogen-bond acceptors (Lipinski definition) is 4. The molecule has 1 unspecified atom stereocenters. The fourth-order valence-electron chi connectivity index (χ4n) is 3.11. The second-order valence-electron chi connectivity index (χ2n) is 6.40. The average Bonchev–Trinajstić information content (AvgIpc) is 2.76. The van der Waals surface area contributed by atoms with Crippen molar-refractivity contribution in [3.05, 3.63) is 5.82 Å². The van der Waals surface area contributed by atoms with Crippen LogP contribution < -0.4 is 0 Å². The van der Waals surface area contributed by atoms with Crippen molar-refractivity contribution < 1.29 is 4.79 Å². The molecular weight excluding hydrogens is 284 g/mol. The van der Waals surface area contributed by atoms with Gasteiger partial charge in [0.25, 0.3) is 0 Å². The van der Waals surface area contributed by atoms with Crippen molar-refractivity contribution >= 4 is 17.7 Å². The maximum Gasteiger partial charge on any atom is 0.233 e. The van der Waals surface area contributed by atoms with Crippen molar-refractivity contribution in [1.82, 2.24) is 19.7 Å². The third-order valence-corrected chi connectivity index (χ3v) is 5.68. The van der Waals surface area contributed by atoms with Gasteiger partial charge in [-0.2, -0.15) is 0 Å². The highest BCUT2D eigenvalue weighted by molar-refractivity contribution is 7.99. The summed E-state index contributed by atoms with van der Waals surface area (Å²) in [6.07, 6.45) is 6.12. The zero-order valence-corrected chi connectivity index (χ0v) is 13.7. The minimum atomic E-state index is 0.236. The summed E-state index contributed by atoms with van der Waals surface area (Å²) in [6, 6.07) is 0. The van der Waals surface area contributed by atoms with Gasteiger partial charge in [0, 0.05) is 26.1 Å². The van der Waals surface area contributed by atoms with E-state index in [0.717, 1.165) is 30.5 Å². The van der Waals surface area contributed by atoms with Crippen LogP contribution in [0, 0.1) is 5.92 Å². The number of nitrogens with zero attached hydrogens (tertiary/aromatic N) is 4. The molecule has 0 radical (unpaired) electrons. The molecule has 1 saturated carbocycles. The van der Waals surface area contributed by atoms with Gasteiger partial charge < -0.3 is 9.47 Å².